The Kier molecular flexibility index (Phi) is 4.70. The Balaban J connectivity index is 1.98. The third-order valence-electron chi connectivity index (χ3n) is 5.16. The molecule has 3 rings (SSSR count). The Hall–Kier alpha value is -2.50. The molecule has 1 atom stereocenters. The summed E-state index contributed by atoms with van der Waals surface area (Å²) in [6, 6.07) is 9.81. The van der Waals surface area contributed by atoms with Crippen molar-refractivity contribution in [3.05, 3.63) is 56.9 Å². The van der Waals surface area contributed by atoms with E-state index >= 15 is 0 Å². The summed E-state index contributed by atoms with van der Waals surface area (Å²) in [7, 11) is 4.86. The highest BCUT2D eigenvalue weighted by atomic mass is 16.5. The molecule has 0 unspecified atom stereocenters. The lowest BCUT2D eigenvalue weighted by atomic mass is 10.1. The number of hydrogen-bond donors (Lipinski definition) is 0. The van der Waals surface area contributed by atoms with Crippen LogP contribution in [0.4, 0.5) is 5.69 Å². The van der Waals surface area contributed by atoms with E-state index in [1.807, 2.05) is 24.3 Å². The minimum Gasteiger partial charge on any atom is -0.497 e. The number of methoxy groups -OCH3 is 1. The lowest BCUT2D eigenvalue weighted by molar-refractivity contribution is 0.414. The smallest absolute Gasteiger partial charge is 0.330 e. The van der Waals surface area contributed by atoms with E-state index in [2.05, 4.69) is 11.8 Å². The largest absolute Gasteiger partial charge is 0.497 e. The topological polar surface area (TPSA) is 56.5 Å². The molecule has 0 aliphatic heterocycles. The van der Waals surface area contributed by atoms with E-state index in [1.165, 1.54) is 19.9 Å². The zero-order valence-corrected chi connectivity index (χ0v) is 15.2. The number of nitrogens with zero attached hydrogens (tertiary/aromatic N) is 3. The van der Waals surface area contributed by atoms with E-state index in [9.17, 15) is 9.59 Å². The molecule has 0 radical (unpaired) electrons. The number of rotatable bonds is 6. The second-order valence-electron chi connectivity index (χ2n) is 6.78. The van der Waals surface area contributed by atoms with Crippen LogP contribution in [0.25, 0.3) is 0 Å². The molecular formula is C19H25N3O3. The van der Waals surface area contributed by atoms with Crippen molar-refractivity contribution in [3.63, 3.8) is 0 Å². The first-order valence-corrected chi connectivity index (χ1v) is 8.59. The van der Waals surface area contributed by atoms with Crippen LogP contribution in [0, 0.1) is 5.92 Å². The first-order chi connectivity index (χ1) is 11.9. The van der Waals surface area contributed by atoms with Crippen molar-refractivity contribution < 1.29 is 4.74 Å². The van der Waals surface area contributed by atoms with Crippen LogP contribution >= 0.6 is 0 Å². The summed E-state index contributed by atoms with van der Waals surface area (Å²) in [6.45, 7) is 2.73. The first kappa shape index (κ1) is 17.3. The van der Waals surface area contributed by atoms with E-state index < -0.39 is 0 Å². The molecule has 25 heavy (non-hydrogen) atoms. The molecule has 6 nitrogen and oxygen atoms in total. The van der Waals surface area contributed by atoms with Gasteiger partial charge in [-0.1, -0.05) is 0 Å². The zero-order valence-electron chi connectivity index (χ0n) is 15.2. The predicted octanol–water partition coefficient (Wildman–Crippen LogP) is 1.90. The standard InChI is InChI=1S/C19H25N3O3/c1-13(14-5-6-14)22(15-7-9-17(25-4)10-8-15)12-16-11-18(23)21(3)19(24)20(16)2/h7-11,13-14H,5-6,12H2,1-4H3/t13-/m1/s1. The summed E-state index contributed by atoms with van der Waals surface area (Å²) in [4.78, 5) is 26.5. The quantitative estimate of drug-likeness (QED) is 0.804. The van der Waals surface area contributed by atoms with E-state index in [4.69, 9.17) is 4.74 Å². The number of hydrogen-bond acceptors (Lipinski definition) is 4. The first-order valence-electron chi connectivity index (χ1n) is 8.59. The summed E-state index contributed by atoms with van der Waals surface area (Å²) in [5, 5.41) is 0. The van der Waals surface area contributed by atoms with Gasteiger partial charge in [-0.05, 0) is 49.9 Å². The lowest BCUT2D eigenvalue weighted by Crippen LogP contribution is -2.41. The van der Waals surface area contributed by atoms with Crippen molar-refractivity contribution in [2.24, 2.45) is 20.0 Å². The fourth-order valence-corrected chi connectivity index (χ4v) is 3.18. The fraction of sp³-hybridized carbons (Fsp3) is 0.474. The third kappa shape index (κ3) is 3.48. The van der Waals surface area contributed by atoms with Gasteiger partial charge in [0.05, 0.1) is 13.7 Å². The van der Waals surface area contributed by atoms with Crippen LogP contribution in [0.3, 0.4) is 0 Å². The van der Waals surface area contributed by atoms with Crippen LogP contribution in [0.15, 0.2) is 39.9 Å². The minimum atomic E-state index is -0.295. The molecule has 6 heteroatoms. The molecular weight excluding hydrogens is 318 g/mol. The molecule has 0 N–H and O–H groups in total. The molecule has 1 heterocycles. The van der Waals surface area contributed by atoms with Gasteiger partial charge in [-0.15, -0.1) is 0 Å². The molecule has 0 spiro atoms. The zero-order chi connectivity index (χ0) is 18.1. The highest BCUT2D eigenvalue weighted by Gasteiger charge is 2.32. The molecule has 2 aromatic rings. The molecule has 0 bridgehead atoms. The Morgan fingerprint density at radius 3 is 2.36 bits per heavy atom. The molecule has 0 amide bonds. The SMILES string of the molecule is COc1ccc(N(Cc2cc(=O)n(C)c(=O)n2C)[C@H](C)C2CC2)cc1. The number of anilines is 1. The van der Waals surface area contributed by atoms with E-state index in [-0.39, 0.29) is 11.2 Å². The van der Waals surface area contributed by atoms with Gasteiger partial charge in [0.15, 0.2) is 0 Å². The third-order valence-corrected chi connectivity index (χ3v) is 5.16. The van der Waals surface area contributed by atoms with Gasteiger partial charge in [-0.2, -0.15) is 0 Å². The second-order valence-corrected chi connectivity index (χ2v) is 6.78. The molecule has 134 valence electrons. The molecule has 1 aromatic carbocycles. The summed E-state index contributed by atoms with van der Waals surface area (Å²) in [5.74, 6) is 1.47. The van der Waals surface area contributed by atoms with Gasteiger partial charge in [0, 0.05) is 37.6 Å². The van der Waals surface area contributed by atoms with Gasteiger partial charge in [0.25, 0.3) is 5.56 Å². The average molecular weight is 343 g/mol. The maximum absolute atomic E-state index is 12.2. The number of ether oxygens (including phenoxy) is 1. The number of benzene rings is 1. The van der Waals surface area contributed by atoms with Crippen molar-refractivity contribution in [1.82, 2.24) is 9.13 Å². The van der Waals surface area contributed by atoms with E-state index in [0.29, 0.717) is 18.5 Å². The molecule has 1 saturated carbocycles. The van der Waals surface area contributed by atoms with E-state index in [0.717, 1.165) is 21.7 Å². The van der Waals surface area contributed by atoms with Crippen molar-refractivity contribution in [2.75, 3.05) is 12.0 Å². The van der Waals surface area contributed by atoms with Crippen molar-refractivity contribution >= 4 is 5.69 Å². The Morgan fingerprint density at radius 2 is 1.80 bits per heavy atom. The molecule has 1 aliphatic rings. The van der Waals surface area contributed by atoms with Crippen LogP contribution in [0.1, 0.15) is 25.5 Å². The van der Waals surface area contributed by atoms with Crippen LogP contribution < -0.4 is 20.9 Å². The molecule has 1 fully saturated rings. The fourth-order valence-electron chi connectivity index (χ4n) is 3.18. The number of aromatic nitrogens is 2. The highest BCUT2D eigenvalue weighted by Crippen LogP contribution is 2.37. The maximum Gasteiger partial charge on any atom is 0.330 e. The van der Waals surface area contributed by atoms with Gasteiger partial charge < -0.3 is 9.64 Å². The summed E-state index contributed by atoms with van der Waals surface area (Å²) >= 11 is 0. The summed E-state index contributed by atoms with van der Waals surface area (Å²) in [5.41, 5.74) is 1.22. The van der Waals surface area contributed by atoms with Crippen LogP contribution in [-0.2, 0) is 20.6 Å². The summed E-state index contributed by atoms with van der Waals surface area (Å²) in [6.07, 6.45) is 2.45. The predicted molar refractivity (Wildman–Crippen MR) is 98.3 cm³/mol. The lowest BCUT2D eigenvalue weighted by Gasteiger charge is -2.32. The highest BCUT2D eigenvalue weighted by molar-refractivity contribution is 5.50. The normalized spacial score (nSPS) is 15.0. The maximum atomic E-state index is 12.2. The van der Waals surface area contributed by atoms with Gasteiger partial charge in [-0.25, -0.2) is 4.79 Å². The monoisotopic (exact) mass is 343 g/mol. The Labute approximate surface area is 147 Å². The van der Waals surface area contributed by atoms with Gasteiger partial charge in [0.1, 0.15) is 5.75 Å². The average Bonchev–Trinajstić information content (AvgIpc) is 3.46. The van der Waals surface area contributed by atoms with Crippen LogP contribution in [-0.4, -0.2) is 22.3 Å². The van der Waals surface area contributed by atoms with Crippen molar-refractivity contribution in [2.45, 2.75) is 32.4 Å². The molecule has 1 aliphatic carbocycles. The van der Waals surface area contributed by atoms with Gasteiger partial charge in [-0.3, -0.25) is 13.9 Å². The Morgan fingerprint density at radius 1 is 1.16 bits per heavy atom. The van der Waals surface area contributed by atoms with Crippen LogP contribution in [0.2, 0.25) is 0 Å². The molecule has 1 aromatic heterocycles. The van der Waals surface area contributed by atoms with Crippen LogP contribution in [0.5, 0.6) is 5.75 Å². The Bertz CT molecular complexity index is 863. The van der Waals surface area contributed by atoms with Gasteiger partial charge in [0.2, 0.25) is 0 Å². The van der Waals surface area contributed by atoms with Crippen molar-refractivity contribution in [3.8, 4) is 5.75 Å². The second kappa shape index (κ2) is 6.78. The summed E-state index contributed by atoms with van der Waals surface area (Å²) < 4.78 is 7.93. The van der Waals surface area contributed by atoms with E-state index in [1.54, 1.807) is 24.8 Å². The molecule has 0 saturated heterocycles. The minimum absolute atomic E-state index is 0.271. The van der Waals surface area contributed by atoms with Crippen molar-refractivity contribution in [1.29, 1.82) is 0 Å². The van der Waals surface area contributed by atoms with Gasteiger partial charge >= 0.3 is 5.69 Å².